The summed E-state index contributed by atoms with van der Waals surface area (Å²) >= 11 is 12.7. The van der Waals surface area contributed by atoms with E-state index in [1.165, 1.54) is 0 Å². The predicted octanol–water partition coefficient (Wildman–Crippen LogP) is 5.80. The molecular formula is C24H21Cl2NO3. The lowest BCUT2D eigenvalue weighted by atomic mass is 9.87. The topological polar surface area (TPSA) is 38.8 Å². The van der Waals surface area contributed by atoms with Gasteiger partial charge in [-0.05, 0) is 59.5 Å². The van der Waals surface area contributed by atoms with Crippen molar-refractivity contribution in [2.45, 2.75) is 12.5 Å². The molecule has 0 radical (unpaired) electrons. The van der Waals surface area contributed by atoms with E-state index in [-0.39, 0.29) is 11.9 Å². The molecule has 6 heteroatoms. The van der Waals surface area contributed by atoms with E-state index in [9.17, 15) is 4.79 Å². The Hall–Kier alpha value is -2.69. The fourth-order valence-corrected chi connectivity index (χ4v) is 4.41. The smallest absolute Gasteiger partial charge is 0.254 e. The number of halogens is 2. The maximum atomic E-state index is 13.5. The van der Waals surface area contributed by atoms with Crippen LogP contribution in [0.15, 0.2) is 60.7 Å². The molecule has 0 fully saturated rings. The molecule has 4 rings (SSSR count). The highest BCUT2D eigenvalue weighted by atomic mass is 35.5. The van der Waals surface area contributed by atoms with Gasteiger partial charge in [0.15, 0.2) is 11.5 Å². The van der Waals surface area contributed by atoms with E-state index < -0.39 is 0 Å². The molecule has 1 heterocycles. The average molecular weight is 442 g/mol. The molecule has 1 aliphatic rings. The summed E-state index contributed by atoms with van der Waals surface area (Å²) in [6, 6.07) is 18.2. The van der Waals surface area contributed by atoms with E-state index >= 15 is 0 Å². The highest BCUT2D eigenvalue weighted by molar-refractivity contribution is 6.31. The summed E-state index contributed by atoms with van der Waals surface area (Å²) in [6.45, 7) is 0.545. The van der Waals surface area contributed by atoms with Crippen LogP contribution in [0, 0.1) is 0 Å². The number of benzene rings is 3. The maximum Gasteiger partial charge on any atom is 0.254 e. The first kappa shape index (κ1) is 20.6. The molecule has 30 heavy (non-hydrogen) atoms. The minimum atomic E-state index is -0.353. The summed E-state index contributed by atoms with van der Waals surface area (Å²) in [5.74, 6) is 1.19. The van der Waals surface area contributed by atoms with Crippen LogP contribution in [-0.2, 0) is 6.42 Å². The van der Waals surface area contributed by atoms with Crippen LogP contribution in [0.3, 0.4) is 0 Å². The van der Waals surface area contributed by atoms with Crippen LogP contribution in [0.4, 0.5) is 0 Å². The van der Waals surface area contributed by atoms with Crippen molar-refractivity contribution in [3.05, 3.63) is 93.0 Å². The molecular weight excluding hydrogens is 421 g/mol. The standard InChI is InChI=1S/C24H21Cl2NO3/c1-29-21-13-15-10-11-27(24(28)16-6-5-7-17(25)12-16)23(19(15)14-22(21)30-2)18-8-3-4-9-20(18)26/h3-9,12-14,23H,10-11H2,1-2H3/t23-/m0/s1. The van der Waals surface area contributed by atoms with E-state index in [0.29, 0.717) is 40.1 Å². The first-order valence-electron chi connectivity index (χ1n) is 9.59. The molecule has 0 N–H and O–H groups in total. The second kappa shape index (κ2) is 8.58. The van der Waals surface area contributed by atoms with Crippen molar-refractivity contribution < 1.29 is 14.3 Å². The number of hydrogen-bond donors (Lipinski definition) is 0. The number of methoxy groups -OCH3 is 2. The molecule has 0 saturated heterocycles. The number of nitrogens with zero attached hydrogens (tertiary/aromatic N) is 1. The Morgan fingerprint density at radius 3 is 2.37 bits per heavy atom. The lowest BCUT2D eigenvalue weighted by Crippen LogP contribution is -2.40. The Morgan fingerprint density at radius 1 is 0.933 bits per heavy atom. The Balaban J connectivity index is 1.88. The van der Waals surface area contributed by atoms with Gasteiger partial charge in [0.05, 0.1) is 20.3 Å². The second-order valence-electron chi connectivity index (χ2n) is 7.09. The van der Waals surface area contributed by atoms with Crippen LogP contribution in [0.25, 0.3) is 0 Å². The summed E-state index contributed by atoms with van der Waals surface area (Å²) in [5.41, 5.74) is 3.49. The van der Waals surface area contributed by atoms with E-state index in [2.05, 4.69) is 0 Å². The molecule has 0 aromatic heterocycles. The molecule has 3 aromatic rings. The fourth-order valence-electron chi connectivity index (χ4n) is 3.98. The van der Waals surface area contributed by atoms with Gasteiger partial charge in [-0.3, -0.25) is 4.79 Å². The average Bonchev–Trinajstić information content (AvgIpc) is 2.77. The zero-order chi connectivity index (χ0) is 21.3. The number of hydrogen-bond acceptors (Lipinski definition) is 3. The Morgan fingerprint density at radius 2 is 1.67 bits per heavy atom. The van der Waals surface area contributed by atoms with Crippen molar-refractivity contribution in [3.63, 3.8) is 0 Å². The minimum absolute atomic E-state index is 0.0946. The predicted molar refractivity (Wildman–Crippen MR) is 119 cm³/mol. The van der Waals surface area contributed by atoms with Crippen LogP contribution >= 0.6 is 23.2 Å². The van der Waals surface area contributed by atoms with Gasteiger partial charge in [0.2, 0.25) is 0 Å². The van der Waals surface area contributed by atoms with E-state index in [4.69, 9.17) is 32.7 Å². The van der Waals surface area contributed by atoms with Crippen molar-refractivity contribution in [3.8, 4) is 11.5 Å². The highest BCUT2D eigenvalue weighted by Gasteiger charge is 2.34. The zero-order valence-corrected chi connectivity index (χ0v) is 18.2. The lowest BCUT2D eigenvalue weighted by Gasteiger charge is -2.38. The molecule has 1 atom stereocenters. The van der Waals surface area contributed by atoms with Gasteiger partial charge in [-0.15, -0.1) is 0 Å². The zero-order valence-electron chi connectivity index (χ0n) is 16.7. The van der Waals surface area contributed by atoms with Crippen molar-refractivity contribution in [2.75, 3.05) is 20.8 Å². The Kier molecular flexibility index (Phi) is 5.89. The summed E-state index contributed by atoms with van der Waals surface area (Å²) in [7, 11) is 3.22. The summed E-state index contributed by atoms with van der Waals surface area (Å²) in [4.78, 5) is 15.4. The number of fused-ring (bicyclic) bond motifs is 1. The summed E-state index contributed by atoms with van der Waals surface area (Å²) < 4.78 is 11.0. The third-order valence-corrected chi connectivity index (χ3v) is 5.99. The third-order valence-electron chi connectivity index (χ3n) is 5.41. The third kappa shape index (κ3) is 3.73. The first-order valence-corrected chi connectivity index (χ1v) is 10.3. The van der Waals surface area contributed by atoms with Crippen molar-refractivity contribution in [2.24, 2.45) is 0 Å². The van der Waals surface area contributed by atoms with Crippen LogP contribution in [0.5, 0.6) is 11.5 Å². The van der Waals surface area contributed by atoms with Gasteiger partial charge in [0.25, 0.3) is 5.91 Å². The quantitative estimate of drug-likeness (QED) is 0.513. The molecule has 0 unspecified atom stereocenters. The maximum absolute atomic E-state index is 13.5. The number of carbonyl (C=O) groups excluding carboxylic acids is 1. The normalized spacial score (nSPS) is 15.5. The van der Waals surface area contributed by atoms with Gasteiger partial charge in [0.1, 0.15) is 0 Å². The SMILES string of the molecule is COc1cc2c(cc1OC)[C@H](c1ccccc1Cl)N(C(=O)c1cccc(Cl)c1)CC2. The van der Waals surface area contributed by atoms with Gasteiger partial charge < -0.3 is 14.4 Å². The van der Waals surface area contributed by atoms with E-state index in [1.54, 1.807) is 38.5 Å². The van der Waals surface area contributed by atoms with E-state index in [1.807, 2.05) is 41.3 Å². The van der Waals surface area contributed by atoms with Gasteiger partial charge in [-0.1, -0.05) is 47.5 Å². The second-order valence-corrected chi connectivity index (χ2v) is 7.93. The molecule has 0 spiro atoms. The molecule has 0 saturated carbocycles. The number of rotatable bonds is 4. The fraction of sp³-hybridized carbons (Fsp3) is 0.208. The van der Waals surface area contributed by atoms with Crippen LogP contribution in [0.1, 0.15) is 33.1 Å². The lowest BCUT2D eigenvalue weighted by molar-refractivity contribution is 0.0694. The highest BCUT2D eigenvalue weighted by Crippen LogP contribution is 2.43. The number of amides is 1. The molecule has 1 amide bonds. The van der Waals surface area contributed by atoms with Gasteiger partial charge in [-0.2, -0.15) is 0 Å². The summed E-state index contributed by atoms with van der Waals surface area (Å²) in [5, 5.41) is 1.13. The molecule has 1 aliphatic heterocycles. The first-order chi connectivity index (χ1) is 14.5. The van der Waals surface area contributed by atoms with Crippen LogP contribution < -0.4 is 9.47 Å². The van der Waals surface area contributed by atoms with Gasteiger partial charge in [-0.25, -0.2) is 0 Å². The molecule has 3 aromatic carbocycles. The number of carbonyl (C=O) groups is 1. The minimum Gasteiger partial charge on any atom is -0.493 e. The van der Waals surface area contributed by atoms with E-state index in [0.717, 1.165) is 16.7 Å². The van der Waals surface area contributed by atoms with Gasteiger partial charge >= 0.3 is 0 Å². The molecule has 154 valence electrons. The summed E-state index contributed by atoms with van der Waals surface area (Å²) in [6.07, 6.45) is 0.697. The molecule has 0 bridgehead atoms. The van der Waals surface area contributed by atoms with Crippen molar-refractivity contribution in [1.29, 1.82) is 0 Å². The molecule has 0 aliphatic carbocycles. The molecule has 4 nitrogen and oxygen atoms in total. The van der Waals surface area contributed by atoms with Crippen molar-refractivity contribution in [1.82, 2.24) is 4.90 Å². The van der Waals surface area contributed by atoms with Crippen LogP contribution in [0.2, 0.25) is 10.0 Å². The van der Waals surface area contributed by atoms with Gasteiger partial charge in [0, 0.05) is 22.2 Å². The Bertz CT molecular complexity index is 1100. The largest absolute Gasteiger partial charge is 0.493 e. The number of ether oxygens (including phenoxy) is 2. The van der Waals surface area contributed by atoms with Crippen molar-refractivity contribution >= 4 is 29.1 Å². The monoisotopic (exact) mass is 441 g/mol. The Labute approximate surface area is 185 Å². The van der Waals surface area contributed by atoms with Crippen LogP contribution in [-0.4, -0.2) is 31.6 Å².